The molecule has 0 bridgehead atoms. The third-order valence-corrected chi connectivity index (χ3v) is 3.96. The van der Waals surface area contributed by atoms with Crippen molar-refractivity contribution < 1.29 is 9.90 Å². The summed E-state index contributed by atoms with van der Waals surface area (Å²) in [6.45, 7) is 6.81. The van der Waals surface area contributed by atoms with Gasteiger partial charge in [-0.1, -0.05) is 25.3 Å². The number of aliphatic hydroxyl groups is 1. The van der Waals surface area contributed by atoms with E-state index < -0.39 is 0 Å². The monoisotopic (exact) mass is 269 g/mol. The molecule has 100 valence electrons. The topological polar surface area (TPSA) is 66.3 Å². The number of carbonyl (C=O) groups excluding carboxylic acids is 1. The lowest BCUT2D eigenvalue weighted by molar-refractivity contribution is 0.0680. The van der Waals surface area contributed by atoms with E-state index in [-0.39, 0.29) is 24.0 Å². The van der Waals surface area contributed by atoms with Crippen LogP contribution in [0.2, 0.25) is 0 Å². The van der Waals surface area contributed by atoms with Gasteiger partial charge < -0.3 is 10.0 Å². The van der Waals surface area contributed by atoms with Crippen LogP contribution in [0, 0.1) is 0 Å². The molecular weight excluding hydrogens is 250 g/mol. The lowest BCUT2D eigenvalue weighted by atomic mass is 9.91. The highest BCUT2D eigenvalue weighted by Gasteiger charge is 2.34. The Kier molecular flexibility index (Phi) is 3.68. The van der Waals surface area contributed by atoms with Gasteiger partial charge >= 0.3 is 0 Å². The SMILES string of the molecule is CC(C)(C)c1nnsc1C(=O)N1CCC[C@H]1CO. The molecule has 0 saturated carbocycles. The average molecular weight is 269 g/mol. The zero-order valence-electron chi connectivity index (χ0n) is 11.0. The predicted molar refractivity (Wildman–Crippen MR) is 69.8 cm³/mol. The van der Waals surface area contributed by atoms with Crippen molar-refractivity contribution in [3.8, 4) is 0 Å². The fourth-order valence-electron chi connectivity index (χ4n) is 2.24. The van der Waals surface area contributed by atoms with Crippen molar-refractivity contribution >= 4 is 17.4 Å². The van der Waals surface area contributed by atoms with E-state index in [9.17, 15) is 9.90 Å². The number of aromatic nitrogens is 2. The van der Waals surface area contributed by atoms with Crippen molar-refractivity contribution in [3.05, 3.63) is 10.6 Å². The largest absolute Gasteiger partial charge is 0.394 e. The molecule has 1 N–H and O–H groups in total. The summed E-state index contributed by atoms with van der Waals surface area (Å²) in [6, 6.07) is -0.0487. The third kappa shape index (κ3) is 2.40. The van der Waals surface area contributed by atoms with Gasteiger partial charge in [0.05, 0.1) is 18.3 Å². The second-order valence-electron chi connectivity index (χ2n) is 5.68. The minimum Gasteiger partial charge on any atom is -0.394 e. The van der Waals surface area contributed by atoms with Crippen LogP contribution in [0.1, 0.15) is 49.0 Å². The molecule has 0 radical (unpaired) electrons. The molecule has 1 atom stereocenters. The molecule has 0 spiro atoms. The molecule has 1 saturated heterocycles. The van der Waals surface area contributed by atoms with Crippen molar-refractivity contribution in [2.75, 3.05) is 13.2 Å². The highest BCUT2D eigenvalue weighted by Crippen LogP contribution is 2.29. The lowest BCUT2D eigenvalue weighted by Gasteiger charge is -2.24. The van der Waals surface area contributed by atoms with Crippen LogP contribution < -0.4 is 0 Å². The summed E-state index contributed by atoms with van der Waals surface area (Å²) in [4.78, 5) is 14.9. The first-order chi connectivity index (χ1) is 8.45. The van der Waals surface area contributed by atoms with Crippen molar-refractivity contribution in [2.24, 2.45) is 0 Å². The highest BCUT2D eigenvalue weighted by molar-refractivity contribution is 7.08. The first-order valence-electron chi connectivity index (χ1n) is 6.20. The molecule has 1 aliphatic heterocycles. The van der Waals surface area contributed by atoms with Gasteiger partial charge in [0.15, 0.2) is 0 Å². The van der Waals surface area contributed by atoms with Gasteiger partial charge in [-0.2, -0.15) is 0 Å². The third-order valence-electron chi connectivity index (χ3n) is 3.24. The second-order valence-corrected chi connectivity index (χ2v) is 6.43. The Hall–Kier alpha value is -1.01. The van der Waals surface area contributed by atoms with Gasteiger partial charge in [0.1, 0.15) is 4.88 Å². The van der Waals surface area contributed by atoms with Crippen LogP contribution in [0.3, 0.4) is 0 Å². The molecule has 6 heteroatoms. The summed E-state index contributed by atoms with van der Waals surface area (Å²) in [5, 5.41) is 13.4. The van der Waals surface area contributed by atoms with Crippen LogP contribution in [-0.2, 0) is 5.41 Å². The number of amides is 1. The predicted octanol–water partition coefficient (Wildman–Crippen LogP) is 1.43. The maximum Gasteiger partial charge on any atom is 0.267 e. The van der Waals surface area contributed by atoms with E-state index in [1.165, 1.54) is 0 Å². The molecule has 0 unspecified atom stereocenters. The first-order valence-corrected chi connectivity index (χ1v) is 6.97. The molecule has 1 aromatic rings. The molecule has 1 amide bonds. The summed E-state index contributed by atoms with van der Waals surface area (Å²) in [7, 11) is 0. The summed E-state index contributed by atoms with van der Waals surface area (Å²) in [6.07, 6.45) is 1.83. The van der Waals surface area contributed by atoms with Gasteiger partial charge in [-0.25, -0.2) is 0 Å². The van der Waals surface area contributed by atoms with E-state index >= 15 is 0 Å². The van der Waals surface area contributed by atoms with E-state index in [1.54, 1.807) is 4.90 Å². The van der Waals surface area contributed by atoms with Gasteiger partial charge in [-0.05, 0) is 24.4 Å². The maximum absolute atomic E-state index is 12.5. The van der Waals surface area contributed by atoms with Crippen LogP contribution in [0.5, 0.6) is 0 Å². The lowest BCUT2D eigenvalue weighted by Crippen LogP contribution is -2.38. The second kappa shape index (κ2) is 4.93. The van der Waals surface area contributed by atoms with E-state index in [0.717, 1.165) is 30.1 Å². The molecule has 0 aromatic carbocycles. The molecule has 5 nitrogen and oxygen atoms in total. The quantitative estimate of drug-likeness (QED) is 0.882. The van der Waals surface area contributed by atoms with E-state index in [4.69, 9.17) is 0 Å². The van der Waals surface area contributed by atoms with Gasteiger partial charge in [0.25, 0.3) is 5.91 Å². The zero-order chi connectivity index (χ0) is 13.3. The minimum absolute atomic E-state index is 0.0306. The highest BCUT2D eigenvalue weighted by atomic mass is 32.1. The molecule has 1 aromatic heterocycles. The van der Waals surface area contributed by atoms with Crippen molar-refractivity contribution in [1.82, 2.24) is 14.5 Å². The van der Waals surface area contributed by atoms with E-state index in [1.807, 2.05) is 20.8 Å². The van der Waals surface area contributed by atoms with Crippen LogP contribution in [0.15, 0.2) is 0 Å². The smallest absolute Gasteiger partial charge is 0.267 e. The molecule has 18 heavy (non-hydrogen) atoms. The summed E-state index contributed by atoms with van der Waals surface area (Å²) >= 11 is 1.15. The Balaban J connectivity index is 2.27. The van der Waals surface area contributed by atoms with Crippen LogP contribution >= 0.6 is 11.5 Å². The van der Waals surface area contributed by atoms with Crippen molar-refractivity contribution in [2.45, 2.75) is 45.1 Å². The molecule has 0 aliphatic carbocycles. The number of nitrogens with zero attached hydrogens (tertiary/aromatic N) is 3. The van der Waals surface area contributed by atoms with Gasteiger partial charge in [0.2, 0.25) is 0 Å². The fourth-order valence-corrected chi connectivity index (χ4v) is 3.08. The van der Waals surface area contributed by atoms with Gasteiger partial charge in [-0.3, -0.25) is 4.79 Å². The minimum atomic E-state index is -0.188. The van der Waals surface area contributed by atoms with Crippen LogP contribution in [-0.4, -0.2) is 44.7 Å². The Morgan fingerprint density at radius 3 is 2.89 bits per heavy atom. The Bertz CT molecular complexity index is 439. The number of rotatable bonds is 2. The Morgan fingerprint density at radius 1 is 1.56 bits per heavy atom. The van der Waals surface area contributed by atoms with E-state index in [2.05, 4.69) is 9.59 Å². The number of hydrogen-bond acceptors (Lipinski definition) is 5. The molecular formula is C12H19N3O2S. The number of aliphatic hydroxyl groups excluding tert-OH is 1. The van der Waals surface area contributed by atoms with Crippen molar-refractivity contribution in [3.63, 3.8) is 0 Å². The van der Waals surface area contributed by atoms with Crippen LogP contribution in [0.4, 0.5) is 0 Å². The summed E-state index contributed by atoms with van der Waals surface area (Å²) in [5.41, 5.74) is 0.563. The van der Waals surface area contributed by atoms with Gasteiger partial charge in [0, 0.05) is 12.0 Å². The average Bonchev–Trinajstić information content (AvgIpc) is 2.95. The standard InChI is InChI=1S/C12H19N3O2S/c1-12(2,3)10-9(18-14-13-10)11(17)15-6-4-5-8(15)7-16/h8,16H,4-7H2,1-3H3/t8-/m0/s1. The molecule has 1 fully saturated rings. The Morgan fingerprint density at radius 2 is 2.28 bits per heavy atom. The van der Waals surface area contributed by atoms with Gasteiger partial charge in [-0.15, -0.1) is 5.10 Å². The number of hydrogen-bond donors (Lipinski definition) is 1. The zero-order valence-corrected chi connectivity index (χ0v) is 11.8. The maximum atomic E-state index is 12.5. The molecule has 2 rings (SSSR count). The van der Waals surface area contributed by atoms with E-state index in [0.29, 0.717) is 11.4 Å². The number of carbonyl (C=O) groups is 1. The van der Waals surface area contributed by atoms with Crippen molar-refractivity contribution in [1.29, 1.82) is 0 Å². The first kappa shape index (κ1) is 13.4. The molecule has 2 heterocycles. The summed E-state index contributed by atoms with van der Waals surface area (Å²) in [5.74, 6) is -0.0357. The molecule has 1 aliphatic rings. The fraction of sp³-hybridized carbons (Fsp3) is 0.750. The number of likely N-dealkylation sites (tertiary alicyclic amines) is 1. The Labute approximate surface area is 111 Å². The summed E-state index contributed by atoms with van der Waals surface area (Å²) < 4.78 is 3.91. The van der Waals surface area contributed by atoms with Crippen LogP contribution in [0.25, 0.3) is 0 Å². The normalized spacial score (nSPS) is 20.4.